The molecule has 1 rings (SSSR count). The molecular formula is C10H18ClN4O3+. The van der Waals surface area contributed by atoms with E-state index in [0.717, 1.165) is 0 Å². The second-order valence-corrected chi connectivity index (χ2v) is 5.01. The summed E-state index contributed by atoms with van der Waals surface area (Å²) in [7, 11) is 0. The molecule has 0 saturated heterocycles. The highest BCUT2D eigenvalue weighted by Crippen LogP contribution is 2.04. The summed E-state index contributed by atoms with van der Waals surface area (Å²) in [5.41, 5.74) is -0.280. The molecule has 1 unspecified atom stereocenters. The summed E-state index contributed by atoms with van der Waals surface area (Å²) < 4.78 is 1.36. The van der Waals surface area contributed by atoms with Crippen LogP contribution in [0.5, 0.6) is 0 Å². The Morgan fingerprint density at radius 2 is 2.39 bits per heavy atom. The van der Waals surface area contributed by atoms with E-state index in [-0.39, 0.29) is 18.0 Å². The minimum atomic E-state index is -0.730. The van der Waals surface area contributed by atoms with Crippen molar-refractivity contribution >= 4 is 17.5 Å². The van der Waals surface area contributed by atoms with E-state index in [4.69, 9.17) is 11.6 Å². The van der Waals surface area contributed by atoms with Gasteiger partial charge in [0.15, 0.2) is 12.4 Å². The van der Waals surface area contributed by atoms with Crippen LogP contribution in [0.2, 0.25) is 0 Å². The fraction of sp³-hybridized carbons (Fsp3) is 0.700. The molecule has 0 radical (unpaired) electrons. The number of alkyl halides is 1. The molecule has 3 N–H and O–H groups in total. The number of imidazole rings is 1. The van der Waals surface area contributed by atoms with E-state index in [9.17, 15) is 15.2 Å². The molecule has 0 spiro atoms. The van der Waals surface area contributed by atoms with Gasteiger partial charge in [-0.1, -0.05) is 0 Å². The zero-order valence-electron chi connectivity index (χ0n) is 10.4. The number of aromatic amines is 1. The van der Waals surface area contributed by atoms with Crippen molar-refractivity contribution in [2.24, 2.45) is 0 Å². The summed E-state index contributed by atoms with van der Waals surface area (Å²) >= 11 is 5.74. The molecule has 7 nitrogen and oxygen atoms in total. The molecule has 102 valence electrons. The summed E-state index contributed by atoms with van der Waals surface area (Å²) in [6.45, 7) is 4.29. The van der Waals surface area contributed by atoms with Gasteiger partial charge < -0.3 is 20.5 Å². The molecule has 1 aromatic rings. The predicted octanol–water partition coefficient (Wildman–Crippen LogP) is 0.178. The molecular weight excluding hydrogens is 260 g/mol. The molecule has 1 aromatic heterocycles. The first-order chi connectivity index (χ1) is 8.35. The number of nitrogens with one attached hydrogen (secondary N) is 2. The number of nitrogens with zero attached hydrogens (tertiary/aromatic N) is 2. The summed E-state index contributed by atoms with van der Waals surface area (Å²) in [5.74, 6) is 0.266. The van der Waals surface area contributed by atoms with Crippen molar-refractivity contribution < 1.29 is 14.6 Å². The Balaban J connectivity index is 2.52. The molecule has 0 aliphatic rings. The SMILES string of the molecule is CC(C)(CCl)NCC(O)C[n+]1cc[nH]c1[N+](=O)[O-]. The predicted molar refractivity (Wildman–Crippen MR) is 66.5 cm³/mol. The number of β-amino-alcohol motifs (C(OH)–C–C–N with tert-alkyl or cyclic N) is 1. The third-order valence-electron chi connectivity index (χ3n) is 2.47. The third kappa shape index (κ3) is 4.25. The normalized spacial score (nSPS) is 13.6. The number of aliphatic hydroxyl groups excluding tert-OH is 1. The van der Waals surface area contributed by atoms with Crippen molar-refractivity contribution in [3.05, 3.63) is 22.5 Å². The average molecular weight is 278 g/mol. The van der Waals surface area contributed by atoms with Gasteiger partial charge in [-0.3, -0.25) is 0 Å². The number of hydrogen-bond donors (Lipinski definition) is 3. The Kier molecular flexibility index (Phi) is 5.06. The van der Waals surface area contributed by atoms with Crippen LogP contribution in [-0.4, -0.2) is 39.1 Å². The molecule has 0 bridgehead atoms. The lowest BCUT2D eigenvalue weighted by atomic mass is 10.1. The second-order valence-electron chi connectivity index (χ2n) is 4.75. The van der Waals surface area contributed by atoms with E-state index in [1.807, 2.05) is 13.8 Å². The van der Waals surface area contributed by atoms with Crippen LogP contribution in [0.25, 0.3) is 0 Å². The first-order valence-electron chi connectivity index (χ1n) is 5.56. The summed E-state index contributed by atoms with van der Waals surface area (Å²) in [6.07, 6.45) is 2.25. The average Bonchev–Trinajstić information content (AvgIpc) is 2.75. The topological polar surface area (TPSA) is 95.1 Å². The smallest absolute Gasteiger partial charge is 0.387 e. The molecule has 0 aromatic carbocycles. The van der Waals surface area contributed by atoms with Crippen molar-refractivity contribution in [2.75, 3.05) is 12.4 Å². The van der Waals surface area contributed by atoms with E-state index in [1.54, 1.807) is 0 Å². The molecule has 0 saturated carbocycles. The summed E-state index contributed by atoms with van der Waals surface area (Å²) in [6, 6.07) is 0. The first kappa shape index (κ1) is 14.9. The summed E-state index contributed by atoms with van der Waals surface area (Å²) in [4.78, 5) is 12.6. The monoisotopic (exact) mass is 277 g/mol. The minimum Gasteiger partial charge on any atom is -0.387 e. The lowest BCUT2D eigenvalue weighted by molar-refractivity contribution is -0.740. The van der Waals surface area contributed by atoms with Gasteiger partial charge in [-0.15, -0.1) is 16.2 Å². The van der Waals surface area contributed by atoms with Gasteiger partial charge in [0.25, 0.3) is 0 Å². The largest absolute Gasteiger partial charge is 0.577 e. The zero-order valence-corrected chi connectivity index (χ0v) is 11.1. The Morgan fingerprint density at radius 3 is 2.94 bits per heavy atom. The van der Waals surface area contributed by atoms with Gasteiger partial charge >= 0.3 is 5.95 Å². The second kappa shape index (κ2) is 6.12. The van der Waals surface area contributed by atoms with Crippen molar-refractivity contribution in [1.82, 2.24) is 10.3 Å². The third-order valence-corrected chi connectivity index (χ3v) is 3.14. The van der Waals surface area contributed by atoms with Gasteiger partial charge in [-0.05, 0) is 13.8 Å². The first-order valence-corrected chi connectivity index (χ1v) is 6.09. The number of aromatic nitrogens is 2. The zero-order chi connectivity index (χ0) is 13.8. The van der Waals surface area contributed by atoms with Crippen molar-refractivity contribution in [3.63, 3.8) is 0 Å². The van der Waals surface area contributed by atoms with E-state index in [1.165, 1.54) is 17.0 Å². The molecule has 0 aliphatic carbocycles. The maximum absolute atomic E-state index is 10.7. The van der Waals surface area contributed by atoms with Gasteiger partial charge in [0.2, 0.25) is 0 Å². The van der Waals surface area contributed by atoms with Crippen LogP contribution in [0.15, 0.2) is 12.4 Å². The van der Waals surface area contributed by atoms with Crippen LogP contribution >= 0.6 is 11.6 Å². The highest BCUT2D eigenvalue weighted by molar-refractivity contribution is 6.18. The Bertz CT molecular complexity index is 408. The highest BCUT2D eigenvalue weighted by Gasteiger charge is 2.25. The van der Waals surface area contributed by atoms with Gasteiger partial charge in [0.1, 0.15) is 12.6 Å². The van der Waals surface area contributed by atoms with Crippen molar-refractivity contribution in [2.45, 2.75) is 32.0 Å². The number of hydrogen-bond acceptors (Lipinski definition) is 4. The van der Waals surface area contributed by atoms with Crippen LogP contribution in [-0.2, 0) is 6.54 Å². The Hall–Kier alpha value is -1.18. The van der Waals surface area contributed by atoms with E-state index in [0.29, 0.717) is 12.4 Å². The van der Waals surface area contributed by atoms with Crippen molar-refractivity contribution in [1.29, 1.82) is 0 Å². The highest BCUT2D eigenvalue weighted by atomic mass is 35.5. The van der Waals surface area contributed by atoms with Crippen molar-refractivity contribution in [3.8, 4) is 0 Å². The van der Waals surface area contributed by atoms with Crippen LogP contribution in [0.1, 0.15) is 13.8 Å². The fourth-order valence-corrected chi connectivity index (χ4v) is 1.49. The van der Waals surface area contributed by atoms with Gasteiger partial charge in [-0.2, -0.15) is 4.98 Å². The minimum absolute atomic E-state index is 0.144. The van der Waals surface area contributed by atoms with Crippen LogP contribution < -0.4 is 9.88 Å². The van der Waals surface area contributed by atoms with Crippen LogP contribution in [0, 0.1) is 10.1 Å². The maximum atomic E-state index is 10.7. The Morgan fingerprint density at radius 1 is 1.72 bits per heavy atom. The quantitative estimate of drug-likeness (QED) is 0.287. The number of halogens is 1. The van der Waals surface area contributed by atoms with Crippen LogP contribution in [0.3, 0.4) is 0 Å². The molecule has 1 atom stereocenters. The molecule has 0 fully saturated rings. The van der Waals surface area contributed by atoms with E-state index in [2.05, 4.69) is 10.3 Å². The van der Waals surface area contributed by atoms with Gasteiger partial charge in [0.05, 0.1) is 4.92 Å². The molecule has 8 heteroatoms. The lowest BCUT2D eigenvalue weighted by Gasteiger charge is -2.24. The molecule has 18 heavy (non-hydrogen) atoms. The van der Waals surface area contributed by atoms with E-state index >= 15 is 0 Å². The number of nitro groups is 1. The lowest BCUT2D eigenvalue weighted by Crippen LogP contribution is -2.49. The molecule has 0 amide bonds. The fourth-order valence-electron chi connectivity index (χ4n) is 1.39. The standard InChI is InChI=1S/C10H17ClN4O3/c1-10(2,7-11)13-5-8(16)6-14-4-3-12-9(14)15(17)18/h3-4,8,13,16H,5-7H2,1-2H3/p+1. The number of aliphatic hydroxyl groups is 1. The van der Waals surface area contributed by atoms with Crippen LogP contribution in [0.4, 0.5) is 5.95 Å². The van der Waals surface area contributed by atoms with Gasteiger partial charge in [-0.25, -0.2) is 0 Å². The molecule has 1 heterocycles. The number of rotatable bonds is 7. The maximum Gasteiger partial charge on any atom is 0.577 e. The van der Waals surface area contributed by atoms with E-state index < -0.39 is 11.0 Å². The number of H-pyrrole nitrogens is 1. The molecule has 0 aliphatic heterocycles. The summed E-state index contributed by atoms with van der Waals surface area (Å²) in [5, 5.41) is 23.6. The van der Waals surface area contributed by atoms with Gasteiger partial charge in [0, 0.05) is 18.0 Å². The Labute approximate surface area is 110 Å².